The van der Waals surface area contributed by atoms with Crippen molar-refractivity contribution in [2.75, 3.05) is 13.2 Å². The molecule has 3 atom stereocenters. The van der Waals surface area contributed by atoms with E-state index in [0.717, 1.165) is 0 Å². The van der Waals surface area contributed by atoms with Crippen LogP contribution in [0.5, 0.6) is 0 Å². The van der Waals surface area contributed by atoms with Gasteiger partial charge in [-0.1, -0.05) is 0 Å². The molecule has 12 heavy (non-hydrogen) atoms. The van der Waals surface area contributed by atoms with Crippen LogP contribution in [0.4, 0.5) is 0 Å². The molecule has 0 spiro atoms. The van der Waals surface area contributed by atoms with Gasteiger partial charge in [-0.3, -0.25) is 9.09 Å². The quantitative estimate of drug-likeness (QED) is 0.377. The molecule has 0 radical (unpaired) electrons. The normalized spacial score (nSPS) is 18.7. The summed E-state index contributed by atoms with van der Waals surface area (Å²) in [5.74, 6) is 0. The molecule has 0 fully saturated rings. The van der Waals surface area contributed by atoms with Gasteiger partial charge in [-0.15, -0.1) is 0 Å². The van der Waals surface area contributed by atoms with Gasteiger partial charge in [0.2, 0.25) is 0 Å². The second-order valence-electron chi connectivity index (χ2n) is 2.22. The molecule has 0 aliphatic heterocycles. The van der Waals surface area contributed by atoms with E-state index in [9.17, 15) is 4.57 Å². The van der Waals surface area contributed by atoms with Gasteiger partial charge in [0.05, 0.1) is 13.2 Å². The molecular formula is C5H14NO5P. The van der Waals surface area contributed by atoms with Gasteiger partial charge in [-0.2, -0.15) is 0 Å². The topological polar surface area (TPSA) is 102 Å². The average Bonchev–Trinajstić information content (AvgIpc) is 1.99. The Hall–Kier alpha value is 0.0300. The zero-order valence-corrected chi connectivity index (χ0v) is 7.77. The predicted molar refractivity (Wildman–Crippen MR) is 42.8 cm³/mol. The number of aliphatic hydroxyl groups excluding tert-OH is 2. The highest BCUT2D eigenvalue weighted by Crippen LogP contribution is 2.24. The third-order valence-electron chi connectivity index (χ3n) is 0.886. The van der Waals surface area contributed by atoms with Crippen LogP contribution < -0.4 is 5.73 Å². The standard InChI is InChI=1S/C5H14NO5P/c1-4(6)11-12(9)10-3-5(8)2-7/h4-5,7-8,12H,2-3,6H2,1H3. The fraction of sp³-hybridized carbons (Fsp3) is 1.00. The van der Waals surface area contributed by atoms with Crippen LogP contribution >= 0.6 is 8.25 Å². The first kappa shape index (κ1) is 12.0. The summed E-state index contributed by atoms with van der Waals surface area (Å²) in [6, 6.07) is 0. The first-order valence-electron chi connectivity index (χ1n) is 3.44. The number of nitrogens with two attached hydrogens (primary N) is 1. The molecule has 0 saturated heterocycles. The minimum atomic E-state index is -2.64. The molecule has 4 N–H and O–H groups in total. The van der Waals surface area contributed by atoms with Gasteiger partial charge < -0.3 is 20.5 Å². The van der Waals surface area contributed by atoms with Gasteiger partial charge in [-0.05, 0) is 6.92 Å². The Bertz CT molecular complexity index is 142. The lowest BCUT2D eigenvalue weighted by atomic mass is 10.4. The maximum Gasteiger partial charge on any atom is 0.320 e. The molecule has 7 heteroatoms. The molecule has 74 valence electrons. The Morgan fingerprint density at radius 2 is 2.25 bits per heavy atom. The largest absolute Gasteiger partial charge is 0.394 e. The van der Waals surface area contributed by atoms with E-state index in [2.05, 4.69) is 9.05 Å². The molecule has 6 nitrogen and oxygen atoms in total. The molecule has 0 rings (SSSR count). The predicted octanol–water partition coefficient (Wildman–Crippen LogP) is -0.933. The molecule has 0 aliphatic carbocycles. The van der Waals surface area contributed by atoms with E-state index in [-0.39, 0.29) is 6.61 Å². The van der Waals surface area contributed by atoms with Gasteiger partial charge in [0.1, 0.15) is 12.3 Å². The van der Waals surface area contributed by atoms with E-state index in [0.29, 0.717) is 0 Å². The maximum absolute atomic E-state index is 10.7. The summed E-state index contributed by atoms with van der Waals surface area (Å²) in [5, 5.41) is 17.1. The molecule has 0 aromatic rings. The molecule has 0 saturated carbocycles. The van der Waals surface area contributed by atoms with Crippen molar-refractivity contribution in [1.29, 1.82) is 0 Å². The fourth-order valence-electron chi connectivity index (χ4n) is 0.403. The van der Waals surface area contributed by atoms with Crippen molar-refractivity contribution in [3.05, 3.63) is 0 Å². The highest BCUT2D eigenvalue weighted by atomic mass is 31.1. The Morgan fingerprint density at radius 3 is 2.67 bits per heavy atom. The molecule has 0 aromatic heterocycles. The third kappa shape index (κ3) is 6.72. The molecule has 3 unspecified atom stereocenters. The van der Waals surface area contributed by atoms with E-state index in [4.69, 9.17) is 15.9 Å². The second kappa shape index (κ2) is 6.54. The average molecular weight is 199 g/mol. The van der Waals surface area contributed by atoms with Gasteiger partial charge in [-0.25, -0.2) is 0 Å². The highest BCUT2D eigenvalue weighted by Gasteiger charge is 2.07. The summed E-state index contributed by atoms with van der Waals surface area (Å²) in [4.78, 5) is 0. The lowest BCUT2D eigenvalue weighted by Gasteiger charge is -2.09. The number of hydrogen-bond donors (Lipinski definition) is 3. The number of hydrogen-bond acceptors (Lipinski definition) is 6. The molecule has 0 aliphatic rings. The monoisotopic (exact) mass is 199 g/mol. The van der Waals surface area contributed by atoms with Crippen LogP contribution in [-0.4, -0.2) is 35.8 Å². The SMILES string of the molecule is CC(N)O[PH](=O)OCC(O)CO. The zero-order valence-electron chi connectivity index (χ0n) is 6.77. The summed E-state index contributed by atoms with van der Waals surface area (Å²) >= 11 is 0. The molecule has 0 aromatic carbocycles. The van der Waals surface area contributed by atoms with Crippen LogP contribution in [0.25, 0.3) is 0 Å². The van der Waals surface area contributed by atoms with Crippen molar-refractivity contribution < 1.29 is 23.8 Å². The summed E-state index contributed by atoms with van der Waals surface area (Å²) in [6.45, 7) is 0.850. The van der Waals surface area contributed by atoms with Crippen molar-refractivity contribution >= 4 is 8.25 Å². The molecular weight excluding hydrogens is 185 g/mol. The number of rotatable bonds is 6. The van der Waals surface area contributed by atoms with Crippen LogP contribution in [0, 0.1) is 0 Å². The number of aliphatic hydroxyl groups is 2. The van der Waals surface area contributed by atoms with E-state index in [1.165, 1.54) is 6.92 Å². The Kier molecular flexibility index (Phi) is 6.55. The Labute approximate surface area is 71.2 Å². The van der Waals surface area contributed by atoms with Crippen molar-refractivity contribution in [3.8, 4) is 0 Å². The van der Waals surface area contributed by atoms with E-state index in [1.54, 1.807) is 0 Å². The first-order valence-corrected chi connectivity index (χ1v) is 4.66. The van der Waals surface area contributed by atoms with Crippen molar-refractivity contribution in [3.63, 3.8) is 0 Å². The van der Waals surface area contributed by atoms with Crippen LogP contribution in [-0.2, 0) is 13.6 Å². The summed E-state index contributed by atoms with van der Waals surface area (Å²) in [7, 11) is -2.64. The van der Waals surface area contributed by atoms with E-state index >= 15 is 0 Å². The van der Waals surface area contributed by atoms with Crippen LogP contribution in [0.1, 0.15) is 6.92 Å². The van der Waals surface area contributed by atoms with E-state index < -0.39 is 27.2 Å². The second-order valence-corrected chi connectivity index (χ2v) is 3.24. The molecule has 0 bridgehead atoms. The maximum atomic E-state index is 10.7. The van der Waals surface area contributed by atoms with Crippen LogP contribution in [0.3, 0.4) is 0 Å². The van der Waals surface area contributed by atoms with Gasteiger partial charge in [0.25, 0.3) is 0 Å². The van der Waals surface area contributed by atoms with Crippen molar-refractivity contribution in [1.82, 2.24) is 0 Å². The van der Waals surface area contributed by atoms with Gasteiger partial charge >= 0.3 is 8.25 Å². The fourth-order valence-corrected chi connectivity index (χ4v) is 1.10. The van der Waals surface area contributed by atoms with Crippen molar-refractivity contribution in [2.45, 2.75) is 19.3 Å². The Balaban J connectivity index is 3.44. The van der Waals surface area contributed by atoms with Crippen LogP contribution in [0.2, 0.25) is 0 Å². The van der Waals surface area contributed by atoms with Gasteiger partial charge in [0.15, 0.2) is 0 Å². The highest BCUT2D eigenvalue weighted by molar-refractivity contribution is 7.33. The van der Waals surface area contributed by atoms with Crippen LogP contribution in [0.15, 0.2) is 0 Å². The summed E-state index contributed by atoms with van der Waals surface area (Å²) in [6.07, 6.45) is -1.70. The minimum Gasteiger partial charge on any atom is -0.394 e. The minimum absolute atomic E-state index is 0.221. The summed E-state index contributed by atoms with van der Waals surface area (Å²) in [5.41, 5.74) is 5.14. The Morgan fingerprint density at radius 1 is 1.67 bits per heavy atom. The zero-order chi connectivity index (χ0) is 9.56. The van der Waals surface area contributed by atoms with Crippen molar-refractivity contribution in [2.24, 2.45) is 5.73 Å². The first-order chi connectivity index (χ1) is 5.56. The lowest BCUT2D eigenvalue weighted by molar-refractivity contribution is 0.0473. The van der Waals surface area contributed by atoms with Gasteiger partial charge in [0, 0.05) is 0 Å². The molecule has 0 amide bonds. The smallest absolute Gasteiger partial charge is 0.320 e. The van der Waals surface area contributed by atoms with E-state index in [1.807, 2.05) is 0 Å². The lowest BCUT2D eigenvalue weighted by Crippen LogP contribution is -2.19. The third-order valence-corrected chi connectivity index (χ3v) is 1.85. The summed E-state index contributed by atoms with van der Waals surface area (Å²) < 4.78 is 19.8. The molecule has 0 heterocycles.